The maximum absolute atomic E-state index is 5.65. The normalized spacial score (nSPS) is 10.8. The average Bonchev–Trinajstić information content (AvgIpc) is 2.14. The number of nitrogen functional groups attached to an aromatic ring is 1. The average molecular weight is 244 g/mol. The second kappa shape index (κ2) is 5.97. The molecule has 0 aliphatic heterocycles. The Kier molecular flexibility index (Phi) is 5.62. The van der Waals surface area contributed by atoms with E-state index in [0.29, 0.717) is 0 Å². The van der Waals surface area contributed by atoms with Gasteiger partial charge in [0.25, 0.3) is 0 Å². The van der Waals surface area contributed by atoms with E-state index in [2.05, 4.69) is 45.2 Å². The first-order valence-electron chi connectivity index (χ1n) is 5.25. The molecule has 0 aliphatic rings. The first-order chi connectivity index (χ1) is 6.88. The number of rotatable bonds is 4. The number of hydrogen-bond donors (Lipinski definition) is 1. The Hall–Kier alpha value is -0.930. The highest BCUT2D eigenvalue weighted by atomic mass is 35.5. The molecule has 1 aromatic carbocycles. The minimum absolute atomic E-state index is 0. The molecule has 0 amide bonds. The molecule has 0 atom stereocenters. The highest BCUT2D eigenvalue weighted by Gasteiger charge is 2.08. The summed E-state index contributed by atoms with van der Waals surface area (Å²) in [6.07, 6.45) is 0. The number of halogens is 1. The van der Waals surface area contributed by atoms with Gasteiger partial charge in [-0.1, -0.05) is 0 Å². The molecular weight excluding hydrogens is 222 g/mol. The van der Waals surface area contributed by atoms with E-state index >= 15 is 0 Å². The lowest BCUT2D eigenvalue weighted by molar-refractivity contribution is -0.868. The third-order valence-electron chi connectivity index (χ3n) is 2.44. The third-order valence-corrected chi connectivity index (χ3v) is 2.44. The maximum Gasteiger partial charge on any atom is 0.0958 e. The van der Waals surface area contributed by atoms with Crippen molar-refractivity contribution in [3.63, 3.8) is 0 Å². The fourth-order valence-corrected chi connectivity index (χ4v) is 1.31. The first-order valence-corrected chi connectivity index (χ1v) is 5.25. The van der Waals surface area contributed by atoms with E-state index in [4.69, 9.17) is 5.73 Å². The molecule has 0 bridgehead atoms. The molecule has 1 rings (SSSR count). The second-order valence-corrected chi connectivity index (χ2v) is 5.03. The van der Waals surface area contributed by atoms with Gasteiger partial charge in [-0.3, -0.25) is 0 Å². The Morgan fingerprint density at radius 1 is 1.12 bits per heavy atom. The number of nitrogens with zero attached hydrogens (tertiary/aromatic N) is 2. The van der Waals surface area contributed by atoms with E-state index in [1.165, 1.54) is 5.69 Å². The minimum atomic E-state index is 0. The molecule has 0 heterocycles. The molecule has 4 heteroatoms. The standard InChI is InChI=1S/C12H22N3.ClH/c1-14(9-10-15(2,3)4)12-7-5-11(13)6-8-12;/h5-8H,9-10,13H2,1-4H3;1H/q+1;/p-1. The summed E-state index contributed by atoms with van der Waals surface area (Å²) in [4.78, 5) is 2.25. The number of likely N-dealkylation sites (N-methyl/N-ethyl adjacent to an activating group) is 2. The number of quaternary nitrogens is 1. The van der Waals surface area contributed by atoms with Gasteiger partial charge in [-0.05, 0) is 24.3 Å². The van der Waals surface area contributed by atoms with Gasteiger partial charge in [-0.2, -0.15) is 0 Å². The zero-order valence-corrected chi connectivity index (χ0v) is 11.3. The molecule has 1 aromatic rings. The topological polar surface area (TPSA) is 29.3 Å². The van der Waals surface area contributed by atoms with Crippen LogP contribution in [0.15, 0.2) is 24.3 Å². The van der Waals surface area contributed by atoms with Gasteiger partial charge < -0.3 is 27.5 Å². The van der Waals surface area contributed by atoms with Crippen LogP contribution in [0.2, 0.25) is 0 Å². The SMILES string of the molecule is CN(CC[N+](C)(C)C)c1ccc(N)cc1.[Cl-]. The Balaban J connectivity index is 0.00000225. The fraction of sp³-hybridized carbons (Fsp3) is 0.500. The monoisotopic (exact) mass is 243 g/mol. The van der Waals surface area contributed by atoms with Crippen LogP contribution in [0.1, 0.15) is 0 Å². The summed E-state index contributed by atoms with van der Waals surface area (Å²) in [7, 11) is 8.73. The van der Waals surface area contributed by atoms with Crippen molar-refractivity contribution in [2.45, 2.75) is 0 Å². The molecule has 0 saturated carbocycles. The molecule has 0 unspecified atom stereocenters. The molecule has 3 nitrogen and oxygen atoms in total. The van der Waals surface area contributed by atoms with Crippen molar-refractivity contribution in [2.75, 3.05) is 51.9 Å². The van der Waals surface area contributed by atoms with Crippen molar-refractivity contribution in [3.05, 3.63) is 24.3 Å². The van der Waals surface area contributed by atoms with E-state index in [9.17, 15) is 0 Å². The highest BCUT2D eigenvalue weighted by molar-refractivity contribution is 5.52. The van der Waals surface area contributed by atoms with Crippen molar-refractivity contribution >= 4 is 11.4 Å². The molecule has 0 aromatic heterocycles. The second-order valence-electron chi connectivity index (χ2n) is 5.03. The van der Waals surface area contributed by atoms with E-state index in [1.807, 2.05) is 12.1 Å². The smallest absolute Gasteiger partial charge is 0.0958 e. The highest BCUT2D eigenvalue weighted by Crippen LogP contribution is 2.14. The predicted molar refractivity (Wildman–Crippen MR) is 67.0 cm³/mol. The zero-order valence-electron chi connectivity index (χ0n) is 10.6. The van der Waals surface area contributed by atoms with Crippen LogP contribution in [0.5, 0.6) is 0 Å². The molecule has 92 valence electrons. The van der Waals surface area contributed by atoms with Crippen molar-refractivity contribution in [1.29, 1.82) is 0 Å². The zero-order chi connectivity index (χ0) is 11.5. The summed E-state index contributed by atoms with van der Waals surface area (Å²) >= 11 is 0. The van der Waals surface area contributed by atoms with Crippen molar-refractivity contribution in [2.24, 2.45) is 0 Å². The lowest BCUT2D eigenvalue weighted by Crippen LogP contribution is -3.00. The molecule has 0 spiro atoms. The summed E-state index contributed by atoms with van der Waals surface area (Å²) < 4.78 is 0.985. The molecule has 0 radical (unpaired) electrons. The van der Waals surface area contributed by atoms with Crippen LogP contribution in [-0.2, 0) is 0 Å². The van der Waals surface area contributed by atoms with Crippen LogP contribution in [0.4, 0.5) is 11.4 Å². The summed E-state index contributed by atoms with van der Waals surface area (Å²) in [5.41, 5.74) is 7.69. The van der Waals surface area contributed by atoms with Crippen LogP contribution in [0.25, 0.3) is 0 Å². The number of anilines is 2. The summed E-state index contributed by atoms with van der Waals surface area (Å²) in [5.74, 6) is 0. The van der Waals surface area contributed by atoms with Gasteiger partial charge in [0.2, 0.25) is 0 Å². The Labute approximate surface area is 105 Å². The Morgan fingerprint density at radius 2 is 1.62 bits per heavy atom. The van der Waals surface area contributed by atoms with Crippen LogP contribution >= 0.6 is 0 Å². The number of benzene rings is 1. The van der Waals surface area contributed by atoms with Gasteiger partial charge in [0.05, 0.1) is 34.2 Å². The van der Waals surface area contributed by atoms with Crippen LogP contribution in [-0.4, -0.2) is 45.8 Å². The molecule has 0 aliphatic carbocycles. The number of nitrogens with two attached hydrogens (primary N) is 1. The van der Waals surface area contributed by atoms with Crippen LogP contribution in [0.3, 0.4) is 0 Å². The molecular formula is C12H22ClN3. The van der Waals surface area contributed by atoms with E-state index in [1.54, 1.807) is 0 Å². The van der Waals surface area contributed by atoms with E-state index in [-0.39, 0.29) is 12.4 Å². The van der Waals surface area contributed by atoms with Gasteiger partial charge in [0.1, 0.15) is 0 Å². The van der Waals surface area contributed by atoms with Crippen molar-refractivity contribution in [3.8, 4) is 0 Å². The number of hydrogen-bond acceptors (Lipinski definition) is 2. The van der Waals surface area contributed by atoms with Crippen molar-refractivity contribution < 1.29 is 16.9 Å². The Bertz CT molecular complexity index is 303. The summed E-state index contributed by atoms with van der Waals surface area (Å²) in [6.45, 7) is 2.17. The maximum atomic E-state index is 5.65. The fourth-order valence-electron chi connectivity index (χ4n) is 1.31. The molecule has 16 heavy (non-hydrogen) atoms. The quantitative estimate of drug-likeness (QED) is 0.511. The van der Waals surface area contributed by atoms with Crippen LogP contribution < -0.4 is 23.0 Å². The van der Waals surface area contributed by atoms with Gasteiger partial charge >= 0.3 is 0 Å². The molecule has 0 saturated heterocycles. The van der Waals surface area contributed by atoms with Crippen LogP contribution in [0, 0.1) is 0 Å². The van der Waals surface area contributed by atoms with E-state index < -0.39 is 0 Å². The van der Waals surface area contributed by atoms with E-state index in [0.717, 1.165) is 23.3 Å². The largest absolute Gasteiger partial charge is 1.00 e. The molecule has 0 fully saturated rings. The Morgan fingerprint density at radius 3 is 2.06 bits per heavy atom. The third kappa shape index (κ3) is 5.24. The van der Waals surface area contributed by atoms with Gasteiger partial charge in [0.15, 0.2) is 0 Å². The first kappa shape index (κ1) is 15.1. The van der Waals surface area contributed by atoms with Gasteiger partial charge in [-0.15, -0.1) is 0 Å². The van der Waals surface area contributed by atoms with Gasteiger partial charge in [-0.25, -0.2) is 0 Å². The van der Waals surface area contributed by atoms with Gasteiger partial charge in [0, 0.05) is 18.4 Å². The summed E-state index contributed by atoms with van der Waals surface area (Å²) in [6, 6.07) is 8.01. The lowest BCUT2D eigenvalue weighted by Gasteiger charge is -2.28. The summed E-state index contributed by atoms with van der Waals surface area (Å²) in [5, 5.41) is 0. The lowest BCUT2D eigenvalue weighted by atomic mass is 10.2. The molecule has 2 N–H and O–H groups in total. The minimum Gasteiger partial charge on any atom is -1.00 e. The predicted octanol–water partition coefficient (Wildman–Crippen LogP) is -1.58. The van der Waals surface area contributed by atoms with Crippen molar-refractivity contribution in [1.82, 2.24) is 0 Å².